The van der Waals surface area contributed by atoms with E-state index in [1.165, 1.54) is 0 Å². The van der Waals surface area contributed by atoms with Crippen LogP contribution in [0.4, 0.5) is 0 Å². The molecule has 0 atom stereocenters. The van der Waals surface area contributed by atoms with Crippen molar-refractivity contribution in [2.45, 2.75) is 17.5 Å². The lowest BCUT2D eigenvalue weighted by Crippen LogP contribution is -2.29. The smallest absolute Gasteiger partial charge is 0.294 e. The fraction of sp³-hybridized carbons (Fsp3) is 0.0741. The first-order chi connectivity index (χ1) is 16.9. The van der Waals surface area contributed by atoms with E-state index < -0.39 is 16.1 Å². The van der Waals surface area contributed by atoms with Crippen LogP contribution in [0.2, 0.25) is 5.02 Å². The maximum absolute atomic E-state index is 13.4. The third-order valence-electron chi connectivity index (χ3n) is 5.74. The van der Waals surface area contributed by atoms with Crippen LogP contribution in [-0.2, 0) is 16.6 Å². The number of nitrogens with one attached hydrogen (secondary N) is 1. The number of benzene rings is 4. The molecule has 0 saturated carbocycles. The lowest BCUT2D eigenvalue weighted by molar-refractivity contribution is 0.572. The molecule has 0 aliphatic heterocycles. The van der Waals surface area contributed by atoms with Gasteiger partial charge in [0.2, 0.25) is 10.0 Å². The summed E-state index contributed by atoms with van der Waals surface area (Å²) in [6.07, 6.45) is 0. The summed E-state index contributed by atoms with van der Waals surface area (Å²) >= 11 is 7.00. The van der Waals surface area contributed by atoms with Gasteiger partial charge in [0.15, 0.2) is 0 Å². The van der Waals surface area contributed by atoms with Gasteiger partial charge in [0.25, 0.3) is 0 Å². The maximum Gasteiger partial charge on any atom is 0.308 e. The second-order valence-electron chi connectivity index (χ2n) is 8.09. The van der Waals surface area contributed by atoms with Crippen LogP contribution in [0.5, 0.6) is 0 Å². The van der Waals surface area contributed by atoms with Gasteiger partial charge in [-0.25, -0.2) is 8.42 Å². The zero-order chi connectivity index (χ0) is 24.4. The predicted molar refractivity (Wildman–Crippen MR) is 142 cm³/mol. The molecule has 0 bridgehead atoms. The zero-order valence-corrected chi connectivity index (χ0v) is 20.9. The van der Waals surface area contributed by atoms with E-state index in [1.54, 1.807) is 34.9 Å². The number of thiazole rings is 1. The van der Waals surface area contributed by atoms with Crippen molar-refractivity contribution >= 4 is 43.2 Å². The molecule has 35 heavy (non-hydrogen) atoms. The van der Waals surface area contributed by atoms with Crippen LogP contribution < -0.4 is 9.60 Å². The van der Waals surface area contributed by atoms with Gasteiger partial charge in [0.05, 0.1) is 27.7 Å². The van der Waals surface area contributed by atoms with Crippen LogP contribution in [0.1, 0.15) is 22.7 Å². The van der Waals surface area contributed by atoms with Crippen molar-refractivity contribution in [3.8, 4) is 0 Å². The Morgan fingerprint density at radius 2 is 1.43 bits per heavy atom. The quantitative estimate of drug-likeness (QED) is 0.293. The number of hydrogen-bond acceptors (Lipinski definition) is 4. The first-order valence-electron chi connectivity index (χ1n) is 10.9. The number of halogens is 1. The van der Waals surface area contributed by atoms with Crippen LogP contribution in [0.15, 0.2) is 113 Å². The van der Waals surface area contributed by atoms with Crippen molar-refractivity contribution in [2.75, 3.05) is 0 Å². The Hall–Kier alpha value is -3.23. The molecular formula is C27H21ClN2O3S2. The molecule has 1 heterocycles. The highest BCUT2D eigenvalue weighted by atomic mass is 35.5. The predicted octanol–water partition coefficient (Wildman–Crippen LogP) is 5.83. The Kier molecular flexibility index (Phi) is 6.58. The average Bonchev–Trinajstić information content (AvgIpc) is 3.19. The van der Waals surface area contributed by atoms with Crippen molar-refractivity contribution in [3.05, 3.63) is 135 Å². The minimum atomic E-state index is -3.88. The Morgan fingerprint density at radius 3 is 2.03 bits per heavy atom. The van der Waals surface area contributed by atoms with Crippen molar-refractivity contribution in [1.82, 2.24) is 9.29 Å². The van der Waals surface area contributed by atoms with E-state index in [9.17, 15) is 13.2 Å². The first-order valence-corrected chi connectivity index (χ1v) is 13.6. The number of nitrogens with zero attached hydrogens (tertiary/aromatic N) is 1. The zero-order valence-electron chi connectivity index (χ0n) is 18.5. The van der Waals surface area contributed by atoms with Crippen LogP contribution in [0.3, 0.4) is 0 Å². The van der Waals surface area contributed by atoms with E-state index in [0.29, 0.717) is 21.8 Å². The largest absolute Gasteiger partial charge is 0.308 e. The Morgan fingerprint density at radius 1 is 0.829 bits per heavy atom. The monoisotopic (exact) mass is 520 g/mol. The van der Waals surface area contributed by atoms with Gasteiger partial charge in [-0.2, -0.15) is 4.72 Å². The molecule has 0 fully saturated rings. The summed E-state index contributed by atoms with van der Waals surface area (Å²) in [4.78, 5) is 12.7. The highest BCUT2D eigenvalue weighted by molar-refractivity contribution is 7.89. The molecular weight excluding hydrogens is 500 g/mol. The molecule has 1 N–H and O–H groups in total. The molecule has 0 amide bonds. The van der Waals surface area contributed by atoms with Gasteiger partial charge in [-0.3, -0.25) is 9.36 Å². The molecule has 4 aromatic carbocycles. The van der Waals surface area contributed by atoms with Crippen LogP contribution >= 0.6 is 22.9 Å². The summed E-state index contributed by atoms with van der Waals surface area (Å²) in [6.45, 7) is 0.379. The van der Waals surface area contributed by atoms with E-state index in [-0.39, 0.29) is 9.77 Å². The van der Waals surface area contributed by atoms with E-state index in [1.807, 2.05) is 72.8 Å². The normalized spacial score (nSPS) is 11.8. The van der Waals surface area contributed by atoms with Crippen LogP contribution in [0, 0.1) is 0 Å². The van der Waals surface area contributed by atoms with Crippen molar-refractivity contribution in [2.24, 2.45) is 0 Å². The molecule has 5 aromatic rings. The number of fused-ring (bicyclic) bond motifs is 1. The van der Waals surface area contributed by atoms with Gasteiger partial charge in [0, 0.05) is 5.02 Å². The molecule has 0 aliphatic rings. The Bertz CT molecular complexity index is 1590. The molecule has 0 unspecified atom stereocenters. The van der Waals surface area contributed by atoms with Crippen LogP contribution in [0.25, 0.3) is 10.2 Å². The molecule has 0 spiro atoms. The van der Waals surface area contributed by atoms with Crippen LogP contribution in [-0.4, -0.2) is 13.0 Å². The van der Waals surface area contributed by atoms with Gasteiger partial charge in [-0.05, 0) is 47.0 Å². The van der Waals surface area contributed by atoms with Gasteiger partial charge >= 0.3 is 4.87 Å². The minimum Gasteiger partial charge on any atom is -0.294 e. The lowest BCUT2D eigenvalue weighted by atomic mass is 10.00. The third kappa shape index (κ3) is 5.09. The van der Waals surface area contributed by atoms with E-state index in [4.69, 9.17) is 11.6 Å². The fourth-order valence-electron chi connectivity index (χ4n) is 3.98. The molecule has 176 valence electrons. The number of hydrogen-bond donors (Lipinski definition) is 1. The summed E-state index contributed by atoms with van der Waals surface area (Å²) in [5.41, 5.74) is 3.30. The number of rotatable bonds is 7. The lowest BCUT2D eigenvalue weighted by Gasteiger charge is -2.20. The summed E-state index contributed by atoms with van der Waals surface area (Å²) in [7, 11) is -3.88. The Labute approximate surface area is 212 Å². The first kappa shape index (κ1) is 23.5. The standard InChI is InChI=1S/C27H21ClN2O3S2/c28-22-13-11-19(12-14-22)18-30-24-16-15-23(17-25(24)34-27(30)31)35(32,33)29-26(20-7-3-1-4-8-20)21-9-5-2-6-10-21/h1-17,26,29H,18H2. The molecule has 0 radical (unpaired) electrons. The van der Waals surface area contributed by atoms with Crippen molar-refractivity contribution < 1.29 is 8.42 Å². The van der Waals surface area contributed by atoms with Gasteiger partial charge in [-0.15, -0.1) is 0 Å². The molecule has 5 nitrogen and oxygen atoms in total. The topological polar surface area (TPSA) is 68.2 Å². The van der Waals surface area contributed by atoms with Gasteiger partial charge < -0.3 is 0 Å². The second-order valence-corrected chi connectivity index (χ2v) is 11.2. The minimum absolute atomic E-state index is 0.113. The van der Waals surface area contributed by atoms with Crippen molar-refractivity contribution in [1.29, 1.82) is 0 Å². The van der Waals surface area contributed by atoms with Crippen molar-refractivity contribution in [3.63, 3.8) is 0 Å². The summed E-state index contributed by atoms with van der Waals surface area (Å²) < 4.78 is 32.0. The molecule has 1 aromatic heterocycles. The molecule has 8 heteroatoms. The SMILES string of the molecule is O=c1sc2cc(S(=O)(=O)NC(c3ccccc3)c3ccccc3)ccc2n1Cc1ccc(Cl)cc1. The summed E-state index contributed by atoms with van der Waals surface area (Å²) in [5, 5.41) is 0.628. The fourth-order valence-corrected chi connectivity index (χ4v) is 6.35. The number of aromatic nitrogens is 1. The van der Waals surface area contributed by atoms with E-state index in [0.717, 1.165) is 28.0 Å². The Balaban J connectivity index is 1.49. The summed E-state index contributed by atoms with van der Waals surface area (Å²) in [6, 6.07) is 30.4. The molecule has 0 saturated heterocycles. The third-order valence-corrected chi connectivity index (χ3v) is 8.36. The highest BCUT2D eigenvalue weighted by Crippen LogP contribution is 2.27. The number of sulfonamides is 1. The van der Waals surface area contributed by atoms with Gasteiger partial charge in [0.1, 0.15) is 0 Å². The highest BCUT2D eigenvalue weighted by Gasteiger charge is 2.24. The average molecular weight is 521 g/mol. The van der Waals surface area contributed by atoms with E-state index in [2.05, 4.69) is 4.72 Å². The van der Waals surface area contributed by atoms with Gasteiger partial charge in [-0.1, -0.05) is 95.7 Å². The molecule has 0 aliphatic carbocycles. The second kappa shape index (κ2) is 9.79. The maximum atomic E-state index is 13.4. The summed E-state index contributed by atoms with van der Waals surface area (Å²) in [5.74, 6) is 0. The molecule has 5 rings (SSSR count). The van der Waals surface area contributed by atoms with E-state index >= 15 is 0 Å².